The summed E-state index contributed by atoms with van der Waals surface area (Å²) >= 11 is 0. The number of halogens is 1. The predicted octanol–water partition coefficient (Wildman–Crippen LogP) is 2.63. The van der Waals surface area contributed by atoms with Gasteiger partial charge in [0.1, 0.15) is 6.10 Å². The standard InChI is InChI=1S/C19H27FN2O2/c1-3-21-14-19(24-15(2)18(21)23)9-11-22(12-10-19)17(20)13-16-7-5-4-6-8-16/h4-8,15,17H,3,9-14H2,1-2H3/t15-,17?/m1/s1. The van der Waals surface area contributed by atoms with Gasteiger partial charge in [0.25, 0.3) is 5.91 Å². The summed E-state index contributed by atoms with van der Waals surface area (Å²) in [6, 6.07) is 9.77. The van der Waals surface area contributed by atoms with Gasteiger partial charge in [0.15, 0.2) is 6.30 Å². The molecule has 1 spiro atoms. The third kappa shape index (κ3) is 3.62. The van der Waals surface area contributed by atoms with E-state index in [2.05, 4.69) is 0 Å². The average molecular weight is 334 g/mol. The van der Waals surface area contributed by atoms with Gasteiger partial charge in [0, 0.05) is 32.6 Å². The number of amides is 1. The van der Waals surface area contributed by atoms with Crippen LogP contribution in [-0.2, 0) is 16.0 Å². The van der Waals surface area contributed by atoms with Crippen LogP contribution in [0.2, 0.25) is 0 Å². The first kappa shape index (κ1) is 17.4. The fourth-order valence-corrected chi connectivity index (χ4v) is 3.84. The first-order valence-electron chi connectivity index (χ1n) is 8.92. The van der Waals surface area contributed by atoms with Crippen molar-refractivity contribution in [1.29, 1.82) is 0 Å². The van der Waals surface area contributed by atoms with Gasteiger partial charge >= 0.3 is 0 Å². The summed E-state index contributed by atoms with van der Waals surface area (Å²) in [7, 11) is 0. The van der Waals surface area contributed by atoms with E-state index in [1.165, 1.54) is 0 Å². The minimum atomic E-state index is -0.963. The molecule has 2 aliphatic heterocycles. The van der Waals surface area contributed by atoms with Crippen LogP contribution in [0, 0.1) is 0 Å². The van der Waals surface area contributed by atoms with Gasteiger partial charge in [-0.25, -0.2) is 4.39 Å². The number of carbonyl (C=O) groups excluding carboxylic acids is 1. The molecule has 2 saturated heterocycles. The number of piperidine rings is 1. The summed E-state index contributed by atoms with van der Waals surface area (Å²) in [5.74, 6) is 0.0676. The van der Waals surface area contributed by atoms with Crippen LogP contribution >= 0.6 is 0 Å². The van der Waals surface area contributed by atoms with Crippen molar-refractivity contribution in [3.05, 3.63) is 35.9 Å². The quantitative estimate of drug-likeness (QED) is 0.794. The average Bonchev–Trinajstić information content (AvgIpc) is 2.59. The SMILES string of the molecule is CCN1CC2(CCN(C(F)Cc3ccccc3)CC2)O[C@H](C)C1=O. The summed E-state index contributed by atoms with van der Waals surface area (Å²) in [6.45, 7) is 6.51. The molecule has 4 nitrogen and oxygen atoms in total. The Morgan fingerprint density at radius 1 is 1.29 bits per heavy atom. The van der Waals surface area contributed by atoms with Crippen molar-refractivity contribution in [2.75, 3.05) is 26.2 Å². The highest BCUT2D eigenvalue weighted by Crippen LogP contribution is 2.33. The topological polar surface area (TPSA) is 32.8 Å². The maximum absolute atomic E-state index is 14.6. The van der Waals surface area contributed by atoms with Crippen LogP contribution in [-0.4, -0.2) is 59.9 Å². The fourth-order valence-electron chi connectivity index (χ4n) is 3.84. The van der Waals surface area contributed by atoms with Crippen LogP contribution in [0.5, 0.6) is 0 Å². The maximum atomic E-state index is 14.6. The summed E-state index contributed by atoms with van der Waals surface area (Å²) in [5.41, 5.74) is 0.724. The normalized spacial score (nSPS) is 25.9. The molecule has 24 heavy (non-hydrogen) atoms. The van der Waals surface area contributed by atoms with Crippen LogP contribution in [0.3, 0.4) is 0 Å². The Hall–Kier alpha value is -1.46. The van der Waals surface area contributed by atoms with Gasteiger partial charge in [-0.05, 0) is 32.3 Å². The molecule has 0 N–H and O–H groups in total. The summed E-state index contributed by atoms with van der Waals surface area (Å²) in [6.07, 6.45) is 0.613. The number of benzene rings is 1. The summed E-state index contributed by atoms with van der Waals surface area (Å²) < 4.78 is 20.7. The molecule has 1 aromatic carbocycles. The lowest BCUT2D eigenvalue weighted by atomic mass is 9.88. The third-order valence-electron chi connectivity index (χ3n) is 5.30. The van der Waals surface area contributed by atoms with Gasteiger partial charge in [0.2, 0.25) is 0 Å². The highest BCUT2D eigenvalue weighted by atomic mass is 19.1. The molecule has 1 aromatic rings. The number of carbonyl (C=O) groups is 1. The molecule has 1 amide bonds. The number of hydrogen-bond acceptors (Lipinski definition) is 3. The number of nitrogens with zero attached hydrogens (tertiary/aromatic N) is 2. The van der Waals surface area contributed by atoms with Gasteiger partial charge in [-0.2, -0.15) is 0 Å². The maximum Gasteiger partial charge on any atom is 0.251 e. The summed E-state index contributed by atoms with van der Waals surface area (Å²) in [4.78, 5) is 15.9. The molecule has 132 valence electrons. The van der Waals surface area contributed by atoms with Crippen molar-refractivity contribution < 1.29 is 13.9 Å². The van der Waals surface area contributed by atoms with E-state index in [0.29, 0.717) is 32.6 Å². The van der Waals surface area contributed by atoms with E-state index >= 15 is 0 Å². The van der Waals surface area contributed by atoms with Crippen LogP contribution in [0.1, 0.15) is 32.3 Å². The molecule has 3 rings (SSSR count). The zero-order chi connectivity index (χ0) is 17.2. The van der Waals surface area contributed by atoms with Crippen LogP contribution < -0.4 is 0 Å². The third-order valence-corrected chi connectivity index (χ3v) is 5.30. The molecule has 0 aliphatic carbocycles. The Morgan fingerprint density at radius 3 is 2.58 bits per heavy atom. The Bertz CT molecular complexity index is 558. The van der Waals surface area contributed by atoms with Crippen molar-refractivity contribution in [3.63, 3.8) is 0 Å². The molecular weight excluding hydrogens is 307 g/mol. The smallest absolute Gasteiger partial charge is 0.251 e. The Labute approximate surface area is 143 Å². The number of alkyl halides is 1. The first-order chi connectivity index (χ1) is 11.5. The van der Waals surface area contributed by atoms with E-state index in [0.717, 1.165) is 18.4 Å². The molecule has 2 heterocycles. The van der Waals surface area contributed by atoms with Gasteiger partial charge < -0.3 is 9.64 Å². The number of likely N-dealkylation sites (tertiary alicyclic amines) is 1. The van der Waals surface area contributed by atoms with Gasteiger partial charge in [0.05, 0.1) is 5.60 Å². The lowest BCUT2D eigenvalue weighted by Crippen LogP contribution is -2.61. The minimum absolute atomic E-state index is 0.0676. The summed E-state index contributed by atoms with van der Waals surface area (Å²) in [5, 5.41) is 0. The van der Waals surface area contributed by atoms with Crippen LogP contribution in [0.4, 0.5) is 4.39 Å². The van der Waals surface area contributed by atoms with Gasteiger partial charge in [-0.3, -0.25) is 9.69 Å². The van der Waals surface area contributed by atoms with E-state index in [9.17, 15) is 9.18 Å². The largest absolute Gasteiger partial charge is 0.360 e. The Kier molecular flexibility index (Phi) is 5.21. The lowest BCUT2D eigenvalue weighted by molar-refractivity contribution is -0.191. The van der Waals surface area contributed by atoms with Gasteiger partial charge in [-0.15, -0.1) is 0 Å². The molecule has 5 heteroatoms. The van der Waals surface area contributed by atoms with E-state index in [4.69, 9.17) is 4.74 Å². The van der Waals surface area contributed by atoms with Crippen molar-refractivity contribution in [2.45, 2.75) is 51.1 Å². The molecule has 2 atom stereocenters. The number of ether oxygens (including phenoxy) is 1. The fraction of sp³-hybridized carbons (Fsp3) is 0.632. The number of hydrogen-bond donors (Lipinski definition) is 0. The zero-order valence-corrected chi connectivity index (χ0v) is 14.6. The zero-order valence-electron chi connectivity index (χ0n) is 14.6. The molecule has 2 fully saturated rings. The first-order valence-corrected chi connectivity index (χ1v) is 8.92. The van der Waals surface area contributed by atoms with E-state index in [1.807, 2.05) is 54.0 Å². The Balaban J connectivity index is 1.58. The second-order valence-corrected chi connectivity index (χ2v) is 6.96. The van der Waals surface area contributed by atoms with Crippen molar-refractivity contribution in [1.82, 2.24) is 9.80 Å². The van der Waals surface area contributed by atoms with Crippen LogP contribution in [0.15, 0.2) is 30.3 Å². The molecule has 2 aliphatic rings. The minimum Gasteiger partial charge on any atom is -0.360 e. The number of rotatable bonds is 4. The van der Waals surface area contributed by atoms with Crippen molar-refractivity contribution in [2.24, 2.45) is 0 Å². The van der Waals surface area contributed by atoms with E-state index in [-0.39, 0.29) is 11.5 Å². The number of likely N-dealkylation sites (N-methyl/N-ethyl adjacent to an activating group) is 1. The second-order valence-electron chi connectivity index (χ2n) is 6.96. The second kappa shape index (κ2) is 7.19. The Morgan fingerprint density at radius 2 is 1.96 bits per heavy atom. The van der Waals surface area contributed by atoms with Crippen molar-refractivity contribution in [3.8, 4) is 0 Å². The molecule has 0 bridgehead atoms. The monoisotopic (exact) mass is 334 g/mol. The highest BCUT2D eigenvalue weighted by Gasteiger charge is 2.45. The van der Waals surface area contributed by atoms with Crippen molar-refractivity contribution >= 4 is 5.91 Å². The molecular formula is C19H27FN2O2. The predicted molar refractivity (Wildman–Crippen MR) is 91.4 cm³/mol. The van der Waals surface area contributed by atoms with E-state index < -0.39 is 12.4 Å². The van der Waals surface area contributed by atoms with E-state index in [1.54, 1.807) is 0 Å². The molecule has 0 radical (unpaired) electrons. The number of morpholine rings is 1. The van der Waals surface area contributed by atoms with Crippen LogP contribution in [0.25, 0.3) is 0 Å². The molecule has 1 unspecified atom stereocenters. The lowest BCUT2D eigenvalue weighted by Gasteiger charge is -2.49. The molecule has 0 aromatic heterocycles. The van der Waals surface area contributed by atoms with Gasteiger partial charge in [-0.1, -0.05) is 30.3 Å². The highest BCUT2D eigenvalue weighted by molar-refractivity contribution is 5.81. The molecule has 0 saturated carbocycles.